The number of rotatable bonds is 50. The Morgan fingerprint density at radius 1 is 0.694 bits per heavy atom. The molecule has 6 rings (SSSR count). The first kappa shape index (κ1) is 90.9. The molecule has 1 saturated carbocycles. The van der Waals surface area contributed by atoms with Crippen molar-refractivity contribution in [3.05, 3.63) is 94.5 Å². The van der Waals surface area contributed by atoms with Gasteiger partial charge in [0.2, 0.25) is 47.3 Å². The number of ether oxygens (including phenoxy) is 6. The Morgan fingerprint density at radius 3 is 1.98 bits per heavy atom. The lowest BCUT2D eigenvalue weighted by Crippen LogP contribution is -2.63. The number of anilines is 1. The third-order valence-electron chi connectivity index (χ3n) is 20.5. The Kier molecular flexibility index (Phi) is 38.8. The molecule has 614 valence electrons. The van der Waals surface area contributed by atoms with E-state index in [1.165, 1.54) is 30.6 Å². The van der Waals surface area contributed by atoms with Gasteiger partial charge in [-0.25, -0.2) is 14.6 Å². The molecular weight excluding hydrogens is 1450 g/mol. The van der Waals surface area contributed by atoms with Crippen molar-refractivity contribution in [2.24, 2.45) is 29.4 Å². The fourth-order valence-corrected chi connectivity index (χ4v) is 14.7. The van der Waals surface area contributed by atoms with E-state index in [-0.39, 0.29) is 163 Å². The monoisotopic (exact) mass is 1570 g/mol. The Balaban J connectivity index is 0.862. The normalized spacial score (nSPS) is 17.0. The number of hydrogen-bond donors (Lipinski definition) is 9. The highest BCUT2D eigenvalue weighted by atomic mass is 32.1. The fraction of sp³-hybridized carbons (Fsp3) is 0.633. The number of benzene rings is 2. The van der Waals surface area contributed by atoms with E-state index in [1.54, 1.807) is 68.3 Å². The maximum Gasteiger partial charge on any atom is 0.407 e. The Bertz CT molecular complexity index is 3490. The molecule has 1 saturated heterocycles. The van der Waals surface area contributed by atoms with Crippen LogP contribution in [0.1, 0.15) is 167 Å². The molecule has 13 amide bonds. The second-order valence-electron chi connectivity index (χ2n) is 29.3. The molecule has 2 aromatic carbocycles. The fourth-order valence-electron chi connectivity index (χ4n) is 14.1. The zero-order valence-corrected chi connectivity index (χ0v) is 67.0. The highest BCUT2D eigenvalue weighted by Crippen LogP contribution is 2.33. The van der Waals surface area contributed by atoms with E-state index in [0.717, 1.165) is 15.5 Å². The second kappa shape index (κ2) is 47.4. The summed E-state index contributed by atoms with van der Waals surface area (Å²) in [5, 5.41) is 25.3. The molecule has 10 N–H and O–H groups in total. The zero-order valence-electron chi connectivity index (χ0n) is 66.1. The number of urea groups is 1. The number of amides is 13. The number of methoxy groups -OCH3 is 2. The molecule has 31 nitrogen and oxygen atoms in total. The maximum atomic E-state index is 14.8. The molecule has 1 aromatic heterocycles. The molecule has 3 aromatic rings. The summed E-state index contributed by atoms with van der Waals surface area (Å²) in [5.74, 6) is -5.28. The number of alkyl carbamates (subject to hydrolysis) is 1. The molecule has 32 heteroatoms. The van der Waals surface area contributed by atoms with E-state index in [2.05, 4.69) is 47.5 Å². The van der Waals surface area contributed by atoms with Gasteiger partial charge in [0.05, 0.1) is 82.3 Å². The predicted molar refractivity (Wildman–Crippen MR) is 416 cm³/mol. The summed E-state index contributed by atoms with van der Waals surface area (Å²) >= 11 is 1.48. The van der Waals surface area contributed by atoms with E-state index in [1.807, 2.05) is 70.3 Å². The van der Waals surface area contributed by atoms with Gasteiger partial charge in [-0.05, 0) is 98.8 Å². The Hall–Kier alpha value is -8.95. The number of carbonyl (C=O) groups is 12. The van der Waals surface area contributed by atoms with Crippen molar-refractivity contribution >= 4 is 88.2 Å². The van der Waals surface area contributed by atoms with Crippen molar-refractivity contribution < 1.29 is 86.0 Å². The van der Waals surface area contributed by atoms with Crippen molar-refractivity contribution in [1.29, 1.82) is 0 Å². The lowest BCUT2D eigenvalue weighted by atomic mass is 9.89. The molecule has 0 bridgehead atoms. The summed E-state index contributed by atoms with van der Waals surface area (Å²) in [5.41, 5.74) is 6.03. The van der Waals surface area contributed by atoms with Crippen molar-refractivity contribution in [3.8, 4) is 0 Å². The van der Waals surface area contributed by atoms with Crippen LogP contribution in [0.15, 0.2) is 78.3 Å². The molecule has 0 radical (unpaired) electrons. The SMILES string of the molecule is CC[C@H](C)[C@@H]([C@@H](CC(=O)N1CCC[C@H]1C(OC)[C@@H](C)C(=O)N[C@@H](Cc1ccccc1)c1nccs1)OC)N(C)C(=O)[C@@H](NC(=O)C1(NC(=O)CCOCCOCCOCCNC(=O)OCc2ccc(NC(=O)[C@H](CCCNC(N)=O)NC(=O)[C@@H](NC(=O)CCCCCN3C(=O)C=CC3=O)C(C)C)cc2)CCCC1)C(C)C. The minimum absolute atomic E-state index is 0.0242. The Labute approximate surface area is 656 Å². The summed E-state index contributed by atoms with van der Waals surface area (Å²) in [7, 11) is 4.79. The number of unbranched alkanes of at least 4 members (excludes halogenated alkanes) is 2. The first-order chi connectivity index (χ1) is 53.2. The van der Waals surface area contributed by atoms with E-state index in [9.17, 15) is 57.5 Å². The van der Waals surface area contributed by atoms with Gasteiger partial charge in [-0.2, -0.15) is 0 Å². The van der Waals surface area contributed by atoms with Gasteiger partial charge in [-0.15, -0.1) is 11.3 Å². The molecule has 1 unspecified atom stereocenters. The number of likely N-dealkylation sites (tertiary alicyclic amines) is 1. The van der Waals surface area contributed by atoms with Gasteiger partial charge in [0, 0.05) is 89.7 Å². The summed E-state index contributed by atoms with van der Waals surface area (Å²) in [6.45, 7) is 15.0. The smallest absolute Gasteiger partial charge is 0.407 e. The molecule has 2 aliphatic heterocycles. The number of nitrogens with zero attached hydrogens (tertiary/aromatic N) is 4. The van der Waals surface area contributed by atoms with Crippen LogP contribution in [0.5, 0.6) is 0 Å². The number of primary amides is 1. The Morgan fingerprint density at radius 2 is 1.36 bits per heavy atom. The number of aromatic nitrogens is 1. The third-order valence-corrected chi connectivity index (χ3v) is 21.4. The van der Waals surface area contributed by atoms with Crippen molar-refractivity contribution in [2.45, 2.75) is 212 Å². The first-order valence-electron chi connectivity index (χ1n) is 38.9. The minimum atomic E-state index is -1.24. The van der Waals surface area contributed by atoms with Crippen molar-refractivity contribution in [3.63, 3.8) is 0 Å². The minimum Gasteiger partial charge on any atom is -0.445 e. The molecule has 3 heterocycles. The number of thiazole rings is 1. The molecule has 0 spiro atoms. The number of hydrogen-bond acceptors (Lipinski definition) is 20. The van der Waals surface area contributed by atoms with E-state index in [0.29, 0.717) is 88.4 Å². The zero-order chi connectivity index (χ0) is 81.0. The second-order valence-corrected chi connectivity index (χ2v) is 30.2. The highest BCUT2D eigenvalue weighted by Gasteiger charge is 2.47. The van der Waals surface area contributed by atoms with Gasteiger partial charge in [0.1, 0.15) is 35.3 Å². The van der Waals surface area contributed by atoms with E-state index in [4.69, 9.17) is 34.2 Å². The van der Waals surface area contributed by atoms with Gasteiger partial charge < -0.3 is 86.5 Å². The maximum absolute atomic E-state index is 14.8. The van der Waals surface area contributed by atoms with E-state index >= 15 is 0 Å². The first-order valence-corrected chi connectivity index (χ1v) is 39.8. The summed E-state index contributed by atoms with van der Waals surface area (Å²) in [6.07, 6.45) is 8.82. The quantitative estimate of drug-likeness (QED) is 0.0235. The molecule has 1 aliphatic carbocycles. The highest BCUT2D eigenvalue weighted by molar-refractivity contribution is 7.09. The van der Waals surface area contributed by atoms with Crippen LogP contribution in [0.2, 0.25) is 0 Å². The van der Waals surface area contributed by atoms with Crippen molar-refractivity contribution in [1.82, 2.24) is 56.9 Å². The molecular formula is C79H119N13O18S. The summed E-state index contributed by atoms with van der Waals surface area (Å²) in [4.78, 5) is 168. The van der Waals surface area contributed by atoms with Crippen LogP contribution in [-0.4, -0.2) is 226 Å². The predicted octanol–water partition coefficient (Wildman–Crippen LogP) is 5.90. The number of nitrogens with two attached hydrogens (primary N) is 1. The lowest BCUT2D eigenvalue weighted by molar-refractivity contribution is -0.148. The topological polar surface area (TPSA) is 405 Å². The van der Waals surface area contributed by atoms with E-state index < -0.39 is 83.7 Å². The third kappa shape index (κ3) is 29.3. The molecule has 10 atom stereocenters. The van der Waals surface area contributed by atoms with Crippen LogP contribution >= 0.6 is 11.3 Å². The lowest BCUT2D eigenvalue weighted by Gasteiger charge is -2.41. The number of nitrogens with one attached hydrogen (secondary N) is 8. The number of carbonyl (C=O) groups excluding carboxylic acids is 12. The van der Waals surface area contributed by atoms with Gasteiger partial charge in [-0.1, -0.05) is 117 Å². The average molecular weight is 1570 g/mol. The molecule has 3 aliphatic rings. The largest absolute Gasteiger partial charge is 0.445 e. The van der Waals surface area contributed by atoms with Crippen molar-refractivity contribution in [2.75, 3.05) is 92.4 Å². The van der Waals surface area contributed by atoms with Crippen LogP contribution in [0.4, 0.5) is 15.3 Å². The number of likely N-dealkylation sites (N-methyl/N-ethyl adjacent to an activating group) is 1. The standard InChI is InChI=1S/C79H119N13O18S/c1-11-53(6)69(61(105-9)49-66(97)91-40-21-25-60(91)70(106-10)54(7)71(98)86-59(74-81-38-47-111-74)48-55-22-14-12-15-23-55)90(8)75(101)68(52(4)5)88-76(102)79(34-17-18-35-79)89-63(94)33-41-107-43-45-109-46-44-108-42-37-83-78(104)110-50-56-27-29-57(30-28-56)84-72(99)58(24-20-36-82-77(80)103)85-73(100)67(51(2)3)87-62(93)26-16-13-19-39-92-64(95)31-32-65(92)96/h12,14-15,22-23,27-32,38,47,51-54,58-61,67-70H,11,13,16-21,24-26,33-37,39-46,48-50H2,1-10H3,(H,83,104)(H,84,99)(H,85,100)(H,86,98)(H,87,93)(H,88,102)(H,89,94)(H3,80,82,103)/t53-,54+,58-,59-,60-,61+,67-,68-,69-,70?/m0/s1. The number of imide groups is 1. The van der Waals surface area contributed by atoms with Gasteiger partial charge in [0.15, 0.2) is 0 Å². The average Bonchev–Trinajstić information content (AvgIpc) is 1.76. The van der Waals surface area contributed by atoms with Gasteiger partial charge >= 0.3 is 12.1 Å². The summed E-state index contributed by atoms with van der Waals surface area (Å²) in [6, 6.07) is 11.3. The van der Waals surface area contributed by atoms with Crippen LogP contribution in [0.3, 0.4) is 0 Å². The van der Waals surface area contributed by atoms with Crippen LogP contribution in [-0.2, 0) is 89.4 Å². The van der Waals surface area contributed by atoms with Crippen LogP contribution in [0, 0.1) is 23.7 Å². The summed E-state index contributed by atoms with van der Waals surface area (Å²) < 4.78 is 34.5. The van der Waals surface area contributed by atoms with Gasteiger partial charge in [0.25, 0.3) is 11.8 Å². The van der Waals surface area contributed by atoms with Crippen LogP contribution in [0.25, 0.3) is 0 Å². The van der Waals surface area contributed by atoms with Gasteiger partial charge in [-0.3, -0.25) is 52.8 Å². The molecule has 111 heavy (non-hydrogen) atoms. The van der Waals surface area contributed by atoms with Crippen LogP contribution < -0.4 is 48.3 Å². The molecule has 2 fully saturated rings.